The highest BCUT2D eigenvalue weighted by Gasteiger charge is 2.14. The Morgan fingerprint density at radius 1 is 0.436 bits per heavy atom. The first kappa shape index (κ1) is 27.2. The lowest BCUT2D eigenvalue weighted by Crippen LogP contribution is -2.05. The Bertz CT molecular complexity index is 1430. The first-order valence-corrected chi connectivity index (χ1v) is 12.8. The maximum absolute atomic E-state index is 13.2. The van der Waals surface area contributed by atoms with Gasteiger partial charge in [-0.1, -0.05) is 91.0 Å². The molecule has 0 aliphatic rings. The highest BCUT2D eigenvalue weighted by atomic mass is 16.1. The van der Waals surface area contributed by atoms with Crippen LogP contribution in [0.25, 0.3) is 18.2 Å². The standard InChI is InChI=1S/C36H30O3/c1-25-10-4-7-13-28(25)16-19-34(37)31-22-32(35(38)20-17-29-14-8-5-11-26(29)2)24-33(23-31)36(39)21-18-30-15-9-6-12-27(30)3/h4-24H,1-3H3/b19-16+,20-17+,21-18+. The largest absolute Gasteiger partial charge is 0.289 e. The summed E-state index contributed by atoms with van der Waals surface area (Å²) in [5, 5.41) is 0. The van der Waals surface area contributed by atoms with Crippen molar-refractivity contribution in [2.45, 2.75) is 20.8 Å². The molecule has 4 aromatic carbocycles. The average Bonchev–Trinajstić information content (AvgIpc) is 2.95. The molecule has 0 N–H and O–H groups in total. The fourth-order valence-corrected chi connectivity index (χ4v) is 4.16. The van der Waals surface area contributed by atoms with Crippen LogP contribution in [-0.4, -0.2) is 17.3 Å². The number of hydrogen-bond donors (Lipinski definition) is 0. The smallest absolute Gasteiger partial charge is 0.185 e. The van der Waals surface area contributed by atoms with E-state index in [1.165, 1.54) is 18.2 Å². The third-order valence-corrected chi connectivity index (χ3v) is 6.59. The average molecular weight is 511 g/mol. The number of allylic oxidation sites excluding steroid dienone is 3. The van der Waals surface area contributed by atoms with Crippen LogP contribution >= 0.6 is 0 Å². The minimum Gasteiger partial charge on any atom is -0.289 e. The first-order chi connectivity index (χ1) is 18.8. The predicted octanol–water partition coefficient (Wildman–Crippen LogP) is 8.30. The summed E-state index contributed by atoms with van der Waals surface area (Å²) in [7, 11) is 0. The van der Waals surface area contributed by atoms with E-state index in [4.69, 9.17) is 0 Å². The molecule has 0 aromatic heterocycles. The molecular formula is C36H30O3. The van der Waals surface area contributed by atoms with Gasteiger partial charge in [0.2, 0.25) is 0 Å². The summed E-state index contributed by atoms with van der Waals surface area (Å²) in [6.07, 6.45) is 9.70. The van der Waals surface area contributed by atoms with Crippen molar-refractivity contribution in [1.82, 2.24) is 0 Å². The quantitative estimate of drug-likeness (QED) is 0.168. The van der Waals surface area contributed by atoms with Crippen molar-refractivity contribution in [1.29, 1.82) is 0 Å². The molecule has 0 aliphatic heterocycles. The van der Waals surface area contributed by atoms with E-state index in [1.807, 2.05) is 93.6 Å². The van der Waals surface area contributed by atoms with Crippen LogP contribution in [0.2, 0.25) is 0 Å². The van der Waals surface area contributed by atoms with Crippen LogP contribution in [0.1, 0.15) is 64.5 Å². The zero-order valence-electron chi connectivity index (χ0n) is 22.3. The third-order valence-electron chi connectivity index (χ3n) is 6.59. The molecule has 4 rings (SSSR count). The van der Waals surface area contributed by atoms with Gasteiger partial charge in [-0.2, -0.15) is 0 Å². The maximum atomic E-state index is 13.2. The van der Waals surface area contributed by atoms with Gasteiger partial charge < -0.3 is 0 Å². The summed E-state index contributed by atoms with van der Waals surface area (Å²) in [6.45, 7) is 5.92. The van der Waals surface area contributed by atoms with E-state index in [0.29, 0.717) is 0 Å². The van der Waals surface area contributed by atoms with Gasteiger partial charge >= 0.3 is 0 Å². The van der Waals surface area contributed by atoms with E-state index in [1.54, 1.807) is 36.4 Å². The molecule has 0 saturated carbocycles. The topological polar surface area (TPSA) is 51.2 Å². The van der Waals surface area contributed by atoms with E-state index in [-0.39, 0.29) is 34.0 Å². The molecule has 0 unspecified atom stereocenters. The molecule has 0 fully saturated rings. The summed E-state index contributed by atoms with van der Waals surface area (Å²) in [4.78, 5) is 39.5. The van der Waals surface area contributed by atoms with Crippen LogP contribution in [0.5, 0.6) is 0 Å². The normalized spacial score (nSPS) is 11.5. The van der Waals surface area contributed by atoms with Crippen LogP contribution in [0.3, 0.4) is 0 Å². The van der Waals surface area contributed by atoms with Crippen molar-refractivity contribution in [3.8, 4) is 0 Å². The molecule has 0 heterocycles. The fourth-order valence-electron chi connectivity index (χ4n) is 4.16. The number of aryl methyl sites for hydroxylation is 3. The van der Waals surface area contributed by atoms with Crippen LogP contribution in [0.4, 0.5) is 0 Å². The van der Waals surface area contributed by atoms with Crippen molar-refractivity contribution >= 4 is 35.6 Å². The summed E-state index contributed by atoms with van der Waals surface area (Å²) in [5.41, 5.74) is 6.76. The van der Waals surface area contributed by atoms with E-state index >= 15 is 0 Å². The van der Waals surface area contributed by atoms with Gasteiger partial charge in [-0.3, -0.25) is 14.4 Å². The Balaban J connectivity index is 1.69. The molecule has 0 spiro atoms. The Kier molecular flexibility index (Phi) is 8.75. The van der Waals surface area contributed by atoms with Gasteiger partial charge in [0, 0.05) is 16.7 Å². The highest BCUT2D eigenvalue weighted by Crippen LogP contribution is 2.18. The molecule has 0 aliphatic carbocycles. The highest BCUT2D eigenvalue weighted by molar-refractivity contribution is 6.15. The number of hydrogen-bond acceptors (Lipinski definition) is 3. The zero-order valence-corrected chi connectivity index (χ0v) is 22.3. The van der Waals surface area contributed by atoms with Crippen LogP contribution in [0, 0.1) is 20.8 Å². The van der Waals surface area contributed by atoms with Gasteiger partial charge in [-0.05, 0) is 90.6 Å². The summed E-state index contributed by atoms with van der Waals surface area (Å²) in [5.74, 6) is -0.854. The number of carbonyl (C=O) groups excluding carboxylic acids is 3. The molecule has 0 atom stereocenters. The van der Waals surface area contributed by atoms with Gasteiger partial charge in [0.25, 0.3) is 0 Å². The molecule has 0 bridgehead atoms. The molecule has 3 nitrogen and oxygen atoms in total. The maximum Gasteiger partial charge on any atom is 0.185 e. The minimum atomic E-state index is -0.285. The van der Waals surface area contributed by atoms with Gasteiger partial charge in [-0.15, -0.1) is 0 Å². The first-order valence-electron chi connectivity index (χ1n) is 12.8. The second-order valence-corrected chi connectivity index (χ2v) is 9.46. The molecule has 0 saturated heterocycles. The molecule has 39 heavy (non-hydrogen) atoms. The number of carbonyl (C=O) groups is 3. The number of benzene rings is 4. The molecule has 3 heteroatoms. The lowest BCUT2D eigenvalue weighted by molar-refractivity contribution is 0.104. The molecular weight excluding hydrogens is 480 g/mol. The number of ketones is 3. The van der Waals surface area contributed by atoms with Gasteiger partial charge in [-0.25, -0.2) is 0 Å². The molecule has 192 valence electrons. The Labute approximate surface area is 229 Å². The predicted molar refractivity (Wildman–Crippen MR) is 160 cm³/mol. The SMILES string of the molecule is Cc1ccccc1/C=C/C(=O)c1cc(C(=O)/C=C/c2ccccc2C)cc(C(=O)/C=C/c2ccccc2C)c1. The summed E-state index contributed by atoms with van der Waals surface area (Å²) in [6, 6.07) is 27.9. The van der Waals surface area contributed by atoms with E-state index < -0.39 is 0 Å². The zero-order chi connectivity index (χ0) is 27.8. The van der Waals surface area contributed by atoms with Crippen LogP contribution in [-0.2, 0) is 0 Å². The van der Waals surface area contributed by atoms with Crippen LogP contribution in [0.15, 0.2) is 109 Å². The van der Waals surface area contributed by atoms with Gasteiger partial charge in [0.1, 0.15) is 0 Å². The van der Waals surface area contributed by atoms with Gasteiger partial charge in [0.15, 0.2) is 17.3 Å². The van der Waals surface area contributed by atoms with Crippen molar-refractivity contribution in [2.24, 2.45) is 0 Å². The second kappa shape index (κ2) is 12.6. The van der Waals surface area contributed by atoms with Gasteiger partial charge in [0.05, 0.1) is 0 Å². The minimum absolute atomic E-state index is 0.280. The number of rotatable bonds is 9. The van der Waals surface area contributed by atoms with Crippen LogP contribution < -0.4 is 0 Å². The fraction of sp³-hybridized carbons (Fsp3) is 0.0833. The van der Waals surface area contributed by atoms with Crippen molar-refractivity contribution < 1.29 is 14.4 Å². The lowest BCUT2D eigenvalue weighted by atomic mass is 9.96. The second-order valence-electron chi connectivity index (χ2n) is 9.46. The monoisotopic (exact) mass is 510 g/mol. The van der Waals surface area contributed by atoms with E-state index in [2.05, 4.69) is 0 Å². The third kappa shape index (κ3) is 7.12. The molecule has 0 amide bonds. The Morgan fingerprint density at radius 2 is 0.692 bits per heavy atom. The van der Waals surface area contributed by atoms with E-state index in [9.17, 15) is 14.4 Å². The van der Waals surface area contributed by atoms with Crippen molar-refractivity contribution in [3.05, 3.63) is 159 Å². The summed E-state index contributed by atoms with van der Waals surface area (Å²) < 4.78 is 0. The summed E-state index contributed by atoms with van der Waals surface area (Å²) >= 11 is 0. The molecule has 4 aromatic rings. The Hall–Kier alpha value is -4.89. The van der Waals surface area contributed by atoms with Crippen molar-refractivity contribution in [2.75, 3.05) is 0 Å². The van der Waals surface area contributed by atoms with E-state index in [0.717, 1.165) is 33.4 Å². The molecule has 0 radical (unpaired) electrons. The lowest BCUT2D eigenvalue weighted by Gasteiger charge is -2.06. The van der Waals surface area contributed by atoms with Crippen molar-refractivity contribution in [3.63, 3.8) is 0 Å². The Morgan fingerprint density at radius 3 is 0.949 bits per heavy atom.